The third kappa shape index (κ3) is 1.50. The predicted octanol–water partition coefficient (Wildman–Crippen LogP) is 0.372. The third-order valence-electron chi connectivity index (χ3n) is 0.955. The smallest absolute Gasteiger partial charge is 0.239 e. The average Bonchev–Trinajstić information content (AvgIpc) is 2.40. The zero-order chi connectivity index (χ0) is 8.27. The Balaban J connectivity index is 2.91. The normalized spacial score (nSPS) is 8.73. The molecule has 0 radical (unpaired) electrons. The van der Waals surface area contributed by atoms with E-state index in [1.54, 1.807) is 6.19 Å². The molecular weight excluding hydrogens is 164 g/mol. The maximum Gasteiger partial charge on any atom is 0.239 e. The molecule has 56 valence electrons. The maximum absolute atomic E-state index is 10.7. The van der Waals surface area contributed by atoms with Crippen molar-refractivity contribution in [2.45, 2.75) is 6.92 Å². The summed E-state index contributed by atoms with van der Waals surface area (Å²) >= 11 is 1.14. The number of aromatic nitrogens is 2. The van der Waals surface area contributed by atoms with Gasteiger partial charge in [-0.2, -0.15) is 10.2 Å². The Morgan fingerprint density at radius 1 is 1.91 bits per heavy atom. The van der Waals surface area contributed by atoms with Crippen molar-refractivity contribution in [1.29, 1.82) is 5.26 Å². The molecule has 0 bridgehead atoms. The summed E-state index contributed by atoms with van der Waals surface area (Å²) in [5.74, 6) is -0.357. The van der Waals surface area contributed by atoms with E-state index in [0.717, 1.165) is 16.2 Å². The first kappa shape index (κ1) is 7.63. The van der Waals surface area contributed by atoms with Crippen molar-refractivity contribution >= 4 is 22.4 Å². The van der Waals surface area contributed by atoms with Gasteiger partial charge in [0.2, 0.25) is 11.0 Å². The number of nitriles is 1. The fraction of sp³-hybridized carbons (Fsp3) is 0.200. The molecule has 1 amide bonds. The van der Waals surface area contributed by atoms with Crippen LogP contribution in [0.5, 0.6) is 0 Å². The molecule has 5 nitrogen and oxygen atoms in total. The van der Waals surface area contributed by atoms with Gasteiger partial charge in [-0.05, 0) is 0 Å². The number of anilines is 1. The molecule has 0 aliphatic heterocycles. The molecule has 1 aromatic heterocycles. The number of hydrogen-bond donors (Lipinski definition) is 0. The fourth-order valence-corrected chi connectivity index (χ4v) is 1.07. The maximum atomic E-state index is 10.7. The number of amides is 1. The van der Waals surface area contributed by atoms with Gasteiger partial charge in [0.1, 0.15) is 5.51 Å². The first-order chi connectivity index (χ1) is 5.25. The molecule has 1 aromatic rings. The highest BCUT2D eigenvalue weighted by Crippen LogP contribution is 2.13. The molecule has 1 heterocycles. The van der Waals surface area contributed by atoms with Gasteiger partial charge in [-0.15, -0.1) is 10.2 Å². The van der Waals surface area contributed by atoms with Crippen LogP contribution in [0.4, 0.5) is 5.13 Å². The molecule has 0 unspecified atom stereocenters. The number of rotatable bonds is 1. The summed E-state index contributed by atoms with van der Waals surface area (Å²) in [6.45, 7) is 1.30. The van der Waals surface area contributed by atoms with Crippen LogP contribution in [0.2, 0.25) is 0 Å². The Kier molecular flexibility index (Phi) is 2.13. The van der Waals surface area contributed by atoms with E-state index in [9.17, 15) is 4.79 Å². The number of hydrogen-bond acceptors (Lipinski definition) is 5. The lowest BCUT2D eigenvalue weighted by Gasteiger charge is -2.03. The molecule has 0 spiro atoms. The quantitative estimate of drug-likeness (QED) is 0.448. The molecule has 6 heteroatoms. The summed E-state index contributed by atoms with van der Waals surface area (Å²) in [6.07, 6.45) is 1.70. The standard InChI is InChI=1S/C5H4N4OS/c1-4(10)9(2-6)5-8-7-3-11-5/h3H,1H3. The van der Waals surface area contributed by atoms with Crippen LogP contribution < -0.4 is 4.90 Å². The number of carbonyl (C=O) groups is 1. The molecular formula is C5H4N4OS. The van der Waals surface area contributed by atoms with E-state index < -0.39 is 0 Å². The minimum Gasteiger partial charge on any atom is -0.274 e. The second-order valence-corrected chi connectivity index (χ2v) is 2.49. The van der Waals surface area contributed by atoms with Gasteiger partial charge in [0.25, 0.3) is 0 Å². The second-order valence-electron chi connectivity index (χ2n) is 1.68. The van der Waals surface area contributed by atoms with Gasteiger partial charge in [0.15, 0.2) is 6.19 Å². The SMILES string of the molecule is CC(=O)N(C#N)c1nncs1. The zero-order valence-corrected chi connectivity index (χ0v) is 6.50. The topological polar surface area (TPSA) is 69.9 Å². The van der Waals surface area contributed by atoms with Gasteiger partial charge < -0.3 is 0 Å². The fourth-order valence-electron chi connectivity index (χ4n) is 0.513. The van der Waals surface area contributed by atoms with Crippen molar-refractivity contribution in [3.05, 3.63) is 5.51 Å². The van der Waals surface area contributed by atoms with Gasteiger partial charge in [0.05, 0.1) is 0 Å². The van der Waals surface area contributed by atoms with E-state index in [1.165, 1.54) is 12.4 Å². The molecule has 0 saturated carbocycles. The Morgan fingerprint density at radius 2 is 2.64 bits per heavy atom. The predicted molar refractivity (Wildman–Crippen MR) is 38.7 cm³/mol. The van der Waals surface area contributed by atoms with Crippen molar-refractivity contribution in [3.8, 4) is 6.19 Å². The van der Waals surface area contributed by atoms with Crippen LogP contribution in [0.15, 0.2) is 5.51 Å². The molecule has 0 atom stereocenters. The van der Waals surface area contributed by atoms with Gasteiger partial charge >= 0.3 is 0 Å². The van der Waals surface area contributed by atoms with Gasteiger partial charge in [-0.1, -0.05) is 11.3 Å². The van der Waals surface area contributed by atoms with Crippen LogP contribution in [0.3, 0.4) is 0 Å². The number of nitrogens with zero attached hydrogens (tertiary/aromatic N) is 4. The molecule has 0 aliphatic carbocycles. The highest BCUT2D eigenvalue weighted by atomic mass is 32.1. The molecule has 0 saturated heterocycles. The minimum atomic E-state index is -0.357. The molecule has 0 aliphatic rings. The van der Waals surface area contributed by atoms with Crippen LogP contribution >= 0.6 is 11.3 Å². The highest BCUT2D eigenvalue weighted by molar-refractivity contribution is 7.13. The summed E-state index contributed by atoms with van der Waals surface area (Å²) in [4.78, 5) is 11.6. The largest absolute Gasteiger partial charge is 0.274 e. The summed E-state index contributed by atoms with van der Waals surface area (Å²) in [5, 5.41) is 15.8. The summed E-state index contributed by atoms with van der Waals surface area (Å²) in [6, 6.07) is 0. The Bertz CT molecular complexity index is 288. The first-order valence-electron chi connectivity index (χ1n) is 2.72. The first-order valence-corrected chi connectivity index (χ1v) is 3.60. The Hall–Kier alpha value is -1.48. The van der Waals surface area contributed by atoms with Crippen LogP contribution in [0.1, 0.15) is 6.92 Å². The lowest BCUT2D eigenvalue weighted by Crippen LogP contribution is -2.21. The van der Waals surface area contributed by atoms with Crippen LogP contribution in [-0.4, -0.2) is 16.1 Å². The van der Waals surface area contributed by atoms with E-state index in [-0.39, 0.29) is 5.91 Å². The molecule has 1 rings (SSSR count). The molecule has 0 N–H and O–H groups in total. The van der Waals surface area contributed by atoms with E-state index >= 15 is 0 Å². The van der Waals surface area contributed by atoms with Crippen LogP contribution in [0.25, 0.3) is 0 Å². The highest BCUT2D eigenvalue weighted by Gasteiger charge is 2.12. The second kappa shape index (κ2) is 3.07. The van der Waals surface area contributed by atoms with Crippen molar-refractivity contribution in [3.63, 3.8) is 0 Å². The zero-order valence-electron chi connectivity index (χ0n) is 5.68. The van der Waals surface area contributed by atoms with E-state index in [2.05, 4.69) is 10.2 Å². The minimum absolute atomic E-state index is 0.306. The van der Waals surface area contributed by atoms with Gasteiger partial charge in [-0.25, -0.2) is 0 Å². The van der Waals surface area contributed by atoms with Crippen molar-refractivity contribution in [1.82, 2.24) is 10.2 Å². The van der Waals surface area contributed by atoms with E-state index in [0.29, 0.717) is 5.13 Å². The molecule has 0 aromatic carbocycles. The van der Waals surface area contributed by atoms with Gasteiger partial charge in [0, 0.05) is 6.92 Å². The Morgan fingerprint density at radius 3 is 3.00 bits per heavy atom. The van der Waals surface area contributed by atoms with Crippen LogP contribution in [-0.2, 0) is 4.79 Å². The van der Waals surface area contributed by atoms with Crippen molar-refractivity contribution in [2.75, 3.05) is 4.90 Å². The summed E-state index contributed by atoms with van der Waals surface area (Å²) < 4.78 is 0. The lowest BCUT2D eigenvalue weighted by atomic mass is 10.6. The molecule has 11 heavy (non-hydrogen) atoms. The summed E-state index contributed by atoms with van der Waals surface area (Å²) in [5.41, 5.74) is 1.46. The van der Waals surface area contributed by atoms with E-state index in [4.69, 9.17) is 5.26 Å². The van der Waals surface area contributed by atoms with Crippen molar-refractivity contribution in [2.24, 2.45) is 0 Å². The third-order valence-corrected chi connectivity index (χ3v) is 1.63. The summed E-state index contributed by atoms with van der Waals surface area (Å²) in [7, 11) is 0. The monoisotopic (exact) mass is 168 g/mol. The van der Waals surface area contributed by atoms with Gasteiger partial charge in [-0.3, -0.25) is 4.79 Å². The number of carbonyl (C=O) groups excluding carboxylic acids is 1. The Labute approximate surface area is 66.9 Å². The van der Waals surface area contributed by atoms with Crippen molar-refractivity contribution < 1.29 is 4.79 Å². The van der Waals surface area contributed by atoms with Crippen LogP contribution in [0, 0.1) is 11.5 Å². The lowest BCUT2D eigenvalue weighted by molar-refractivity contribution is -0.115. The van der Waals surface area contributed by atoms with E-state index in [1.807, 2.05) is 0 Å². The molecule has 0 fully saturated rings. The average molecular weight is 168 g/mol.